The van der Waals surface area contributed by atoms with Gasteiger partial charge in [0.05, 0.1) is 12.0 Å². The van der Waals surface area contributed by atoms with Crippen LogP contribution in [0, 0.1) is 13.0 Å². The Hall–Kier alpha value is -1.97. The first-order valence-electron chi connectivity index (χ1n) is 10.4. The molecule has 0 atom stereocenters. The van der Waals surface area contributed by atoms with Crippen LogP contribution in [0.4, 0.5) is 14.9 Å². The number of thioether (sulfide) groups is 1. The van der Waals surface area contributed by atoms with Crippen LogP contribution in [-0.2, 0) is 16.2 Å². The number of amides is 3. The van der Waals surface area contributed by atoms with Crippen molar-refractivity contribution in [3.63, 3.8) is 0 Å². The normalized spacial score (nSPS) is 14.4. The van der Waals surface area contributed by atoms with E-state index in [-0.39, 0.29) is 4.91 Å². The van der Waals surface area contributed by atoms with Gasteiger partial charge in [0, 0.05) is 10.2 Å². The van der Waals surface area contributed by atoms with Crippen molar-refractivity contribution in [2.45, 2.75) is 6.61 Å². The predicted molar refractivity (Wildman–Crippen MR) is 158 cm³/mol. The van der Waals surface area contributed by atoms with Crippen LogP contribution >= 0.6 is 72.9 Å². The van der Waals surface area contributed by atoms with Gasteiger partial charge in [-0.05, 0) is 123 Å². The van der Waals surface area contributed by atoms with Crippen molar-refractivity contribution in [1.82, 2.24) is 4.90 Å². The Kier molecular flexibility index (Phi) is 9.06. The number of nitrogens with one attached hydrogen (secondary N) is 1. The summed E-state index contributed by atoms with van der Waals surface area (Å²) in [5.74, 6) is -0.791. The molecule has 0 unspecified atom stereocenters. The Morgan fingerprint density at radius 1 is 1.06 bits per heavy atom. The van der Waals surface area contributed by atoms with Gasteiger partial charge < -0.3 is 10.1 Å². The number of benzene rings is 3. The summed E-state index contributed by atoms with van der Waals surface area (Å²) >= 11 is 8.55. The highest BCUT2D eigenvalue weighted by atomic mass is 127. The van der Waals surface area contributed by atoms with Crippen molar-refractivity contribution in [3.8, 4) is 5.75 Å². The minimum atomic E-state index is -0.554. The lowest BCUT2D eigenvalue weighted by Crippen LogP contribution is -2.36. The van der Waals surface area contributed by atoms with E-state index in [4.69, 9.17) is 4.74 Å². The molecule has 36 heavy (non-hydrogen) atoms. The van der Waals surface area contributed by atoms with Gasteiger partial charge in [-0.25, -0.2) is 4.39 Å². The molecule has 0 spiro atoms. The summed E-state index contributed by atoms with van der Waals surface area (Å²) in [6.45, 7) is -0.0191. The SMILES string of the molecule is O=C(CN1C(=O)S/C(=C\c2cc(I)c(OCc3ccc(Br)cc3)c(I)c2)C1=O)Nc1ccc(F)cc1. The molecule has 0 bridgehead atoms. The van der Waals surface area contributed by atoms with Gasteiger partial charge in [0.15, 0.2) is 0 Å². The van der Waals surface area contributed by atoms with Gasteiger partial charge in [0.1, 0.15) is 24.7 Å². The molecule has 1 aliphatic rings. The molecule has 1 aliphatic heterocycles. The van der Waals surface area contributed by atoms with Gasteiger partial charge in [-0.2, -0.15) is 0 Å². The Bertz CT molecular complexity index is 1340. The second kappa shape index (κ2) is 12.0. The number of halogens is 4. The number of nitrogens with zero attached hydrogens (tertiary/aromatic N) is 1. The maximum atomic E-state index is 13.0. The highest BCUT2D eigenvalue weighted by Gasteiger charge is 2.36. The zero-order valence-electron chi connectivity index (χ0n) is 18.3. The van der Waals surface area contributed by atoms with Gasteiger partial charge in [-0.3, -0.25) is 19.3 Å². The smallest absolute Gasteiger partial charge is 0.294 e. The summed E-state index contributed by atoms with van der Waals surface area (Å²) in [6, 6.07) is 16.8. The fraction of sp³-hybridized carbons (Fsp3) is 0.0800. The zero-order valence-corrected chi connectivity index (χ0v) is 25.0. The lowest BCUT2D eigenvalue weighted by molar-refractivity contribution is -0.127. The van der Waals surface area contributed by atoms with Crippen LogP contribution in [0.15, 0.2) is 70.0 Å². The van der Waals surface area contributed by atoms with Crippen LogP contribution in [0.25, 0.3) is 6.08 Å². The zero-order chi connectivity index (χ0) is 25.8. The summed E-state index contributed by atoms with van der Waals surface area (Å²) in [6.07, 6.45) is 1.63. The highest BCUT2D eigenvalue weighted by Crippen LogP contribution is 2.35. The fourth-order valence-corrected chi connectivity index (χ4v) is 6.43. The Morgan fingerprint density at radius 3 is 2.33 bits per heavy atom. The van der Waals surface area contributed by atoms with Crippen molar-refractivity contribution >= 4 is 102 Å². The molecule has 0 aromatic heterocycles. The highest BCUT2D eigenvalue weighted by molar-refractivity contribution is 14.1. The molecule has 1 heterocycles. The summed E-state index contributed by atoms with van der Waals surface area (Å²) in [7, 11) is 0. The van der Waals surface area contributed by atoms with Crippen LogP contribution in [0.1, 0.15) is 11.1 Å². The average molecular weight is 793 g/mol. The second-order valence-electron chi connectivity index (χ2n) is 7.55. The van der Waals surface area contributed by atoms with E-state index in [1.165, 1.54) is 24.3 Å². The lowest BCUT2D eigenvalue weighted by Gasteiger charge is -2.13. The molecule has 1 N–H and O–H groups in total. The monoisotopic (exact) mass is 792 g/mol. The average Bonchev–Trinajstić information content (AvgIpc) is 3.08. The first kappa shape index (κ1) is 27.1. The number of imide groups is 1. The van der Waals surface area contributed by atoms with E-state index in [1.807, 2.05) is 36.4 Å². The van der Waals surface area contributed by atoms with E-state index in [2.05, 4.69) is 66.4 Å². The van der Waals surface area contributed by atoms with Gasteiger partial charge in [0.25, 0.3) is 11.1 Å². The third-order valence-corrected chi connectivity index (χ3v) is 7.96. The third kappa shape index (κ3) is 6.86. The maximum Gasteiger partial charge on any atom is 0.294 e. The van der Waals surface area contributed by atoms with Gasteiger partial charge in [-0.15, -0.1) is 0 Å². The van der Waals surface area contributed by atoms with Crippen LogP contribution in [0.5, 0.6) is 5.75 Å². The van der Waals surface area contributed by atoms with Crippen molar-refractivity contribution < 1.29 is 23.5 Å². The number of hydrogen-bond donors (Lipinski definition) is 1. The van der Waals surface area contributed by atoms with Crippen LogP contribution in [-0.4, -0.2) is 28.5 Å². The van der Waals surface area contributed by atoms with Gasteiger partial charge in [-0.1, -0.05) is 28.1 Å². The van der Waals surface area contributed by atoms with E-state index >= 15 is 0 Å². The minimum Gasteiger partial charge on any atom is -0.487 e. The summed E-state index contributed by atoms with van der Waals surface area (Å²) in [4.78, 5) is 38.7. The van der Waals surface area contributed by atoms with Crippen LogP contribution in [0.2, 0.25) is 0 Å². The number of carbonyl (C=O) groups excluding carboxylic acids is 3. The van der Waals surface area contributed by atoms with E-state index in [0.29, 0.717) is 12.3 Å². The molecule has 1 saturated heterocycles. The quantitative estimate of drug-likeness (QED) is 0.205. The molecule has 6 nitrogen and oxygen atoms in total. The maximum absolute atomic E-state index is 13.0. The van der Waals surface area contributed by atoms with Crippen LogP contribution in [0.3, 0.4) is 0 Å². The van der Waals surface area contributed by atoms with Gasteiger partial charge >= 0.3 is 0 Å². The van der Waals surface area contributed by atoms with E-state index < -0.39 is 29.4 Å². The molecule has 3 aromatic rings. The van der Waals surface area contributed by atoms with Crippen molar-refractivity contribution in [2.75, 3.05) is 11.9 Å². The first-order valence-corrected chi connectivity index (χ1v) is 14.1. The molecule has 0 saturated carbocycles. The molecule has 0 radical (unpaired) electrons. The van der Waals surface area contributed by atoms with Crippen molar-refractivity contribution in [1.29, 1.82) is 0 Å². The summed E-state index contributed by atoms with van der Waals surface area (Å²) in [5.41, 5.74) is 2.14. The molecule has 0 aliphatic carbocycles. The molecule has 3 amide bonds. The minimum absolute atomic E-state index is 0.227. The Labute approximate surface area is 246 Å². The number of anilines is 1. The summed E-state index contributed by atoms with van der Waals surface area (Å²) in [5, 5.41) is 2.02. The van der Waals surface area contributed by atoms with Gasteiger partial charge in [0.2, 0.25) is 5.91 Å². The molecular formula is C25H16BrFI2N2O4S. The molecule has 184 valence electrons. The van der Waals surface area contributed by atoms with Crippen molar-refractivity contribution in [3.05, 3.63) is 94.1 Å². The van der Waals surface area contributed by atoms with Crippen molar-refractivity contribution in [2.24, 2.45) is 0 Å². The molecule has 1 fully saturated rings. The van der Waals surface area contributed by atoms with E-state index in [1.54, 1.807) is 6.08 Å². The topological polar surface area (TPSA) is 75.7 Å². The summed E-state index contributed by atoms with van der Waals surface area (Å²) < 4.78 is 21.8. The first-order chi connectivity index (χ1) is 17.2. The lowest BCUT2D eigenvalue weighted by atomic mass is 10.2. The molecule has 4 rings (SSSR count). The predicted octanol–water partition coefficient (Wildman–Crippen LogP) is 7.05. The molecule has 11 heteroatoms. The third-order valence-electron chi connectivity index (χ3n) is 4.92. The molecule has 3 aromatic carbocycles. The van der Waals surface area contributed by atoms with E-state index in [9.17, 15) is 18.8 Å². The fourth-order valence-electron chi connectivity index (χ4n) is 3.20. The standard InChI is InChI=1S/C25H16BrFI2N2O4S/c26-16-3-1-14(2-4-16)13-35-23-19(28)9-15(10-20(23)29)11-21-24(33)31(25(34)36-21)12-22(32)30-18-7-5-17(27)6-8-18/h1-11H,12-13H2,(H,30,32)/b21-11-. The number of rotatable bonds is 7. The Balaban J connectivity index is 1.43. The number of hydrogen-bond acceptors (Lipinski definition) is 5. The van der Waals surface area contributed by atoms with E-state index in [0.717, 1.165) is 45.2 Å². The largest absolute Gasteiger partial charge is 0.487 e. The van der Waals surface area contributed by atoms with Crippen LogP contribution < -0.4 is 10.1 Å². The number of carbonyl (C=O) groups is 3. The molecular weight excluding hydrogens is 777 g/mol. The number of ether oxygens (including phenoxy) is 1. The second-order valence-corrected chi connectivity index (χ2v) is 11.8. The Morgan fingerprint density at radius 2 is 1.69 bits per heavy atom.